The molecule has 2 aromatic heterocycles. The fraction of sp³-hybridized carbons (Fsp3) is 0.235. The number of nitrogens with one attached hydrogen (secondary N) is 1. The molecule has 1 atom stereocenters. The molecule has 1 aliphatic heterocycles. The smallest absolute Gasteiger partial charge is 0.284 e. The third-order valence-corrected chi connectivity index (χ3v) is 4.53. The molecule has 26 heavy (non-hydrogen) atoms. The second-order valence-corrected chi connectivity index (χ2v) is 6.75. The highest BCUT2D eigenvalue weighted by Crippen LogP contribution is 2.33. The van der Waals surface area contributed by atoms with Crippen LogP contribution in [0.25, 0.3) is 11.7 Å². The number of amides is 1. The average Bonchev–Trinajstić information content (AvgIpc) is 3.33. The molecule has 3 heterocycles. The van der Waals surface area contributed by atoms with Crippen molar-refractivity contribution >= 4 is 23.4 Å². The molecule has 0 spiro atoms. The predicted octanol–water partition coefficient (Wildman–Crippen LogP) is 3.22. The summed E-state index contributed by atoms with van der Waals surface area (Å²) in [5.41, 5.74) is 0.633. The molecule has 0 fully saturated rings. The molecule has 1 aromatic carbocycles. The minimum atomic E-state index is -0.437. The second-order valence-electron chi connectivity index (χ2n) is 5.46. The van der Waals surface area contributed by atoms with Crippen molar-refractivity contribution in [1.29, 1.82) is 0 Å². The zero-order valence-corrected chi connectivity index (χ0v) is 14.6. The lowest BCUT2D eigenvalue weighted by Gasteiger charge is -2.19. The Morgan fingerprint density at radius 2 is 2.04 bits per heavy atom. The molecule has 0 aliphatic carbocycles. The average molecular weight is 373 g/mol. The Morgan fingerprint density at radius 1 is 1.19 bits per heavy atom. The molecule has 1 N–H and O–H groups in total. The molecule has 0 radical (unpaired) electrons. The van der Waals surface area contributed by atoms with Crippen LogP contribution in [0.5, 0.6) is 11.5 Å². The Kier molecular flexibility index (Phi) is 4.53. The van der Waals surface area contributed by atoms with Crippen molar-refractivity contribution in [2.45, 2.75) is 17.4 Å². The van der Waals surface area contributed by atoms with Gasteiger partial charge in [-0.25, -0.2) is 0 Å². The molecule has 8 nitrogen and oxygen atoms in total. The van der Waals surface area contributed by atoms with E-state index in [0.717, 1.165) is 0 Å². The van der Waals surface area contributed by atoms with Crippen LogP contribution in [0.1, 0.15) is 6.92 Å². The van der Waals surface area contributed by atoms with E-state index in [2.05, 4.69) is 15.5 Å². The molecule has 0 unspecified atom stereocenters. The number of anilines is 1. The first-order valence-corrected chi connectivity index (χ1v) is 8.81. The summed E-state index contributed by atoms with van der Waals surface area (Å²) in [6.45, 7) is 2.77. The number of furan rings is 1. The Balaban J connectivity index is 1.39. The molecular formula is C17H15N3O5S. The van der Waals surface area contributed by atoms with Gasteiger partial charge in [-0.15, -0.1) is 10.2 Å². The van der Waals surface area contributed by atoms with Gasteiger partial charge in [0.25, 0.3) is 11.1 Å². The third kappa shape index (κ3) is 3.52. The van der Waals surface area contributed by atoms with Crippen molar-refractivity contribution in [3.05, 3.63) is 36.6 Å². The van der Waals surface area contributed by atoms with Gasteiger partial charge in [-0.3, -0.25) is 4.79 Å². The molecule has 0 saturated carbocycles. The lowest BCUT2D eigenvalue weighted by Crippen LogP contribution is -2.22. The Bertz CT molecular complexity index is 909. The Hall–Kier alpha value is -2.94. The predicted molar refractivity (Wildman–Crippen MR) is 93.4 cm³/mol. The van der Waals surface area contributed by atoms with Gasteiger partial charge in [0.2, 0.25) is 5.91 Å². The van der Waals surface area contributed by atoms with Gasteiger partial charge in [-0.05, 0) is 31.2 Å². The maximum Gasteiger partial charge on any atom is 0.284 e. The van der Waals surface area contributed by atoms with Gasteiger partial charge < -0.3 is 23.6 Å². The number of hydrogen-bond donors (Lipinski definition) is 1. The van der Waals surface area contributed by atoms with Crippen LogP contribution in [-0.4, -0.2) is 34.6 Å². The zero-order valence-electron chi connectivity index (χ0n) is 13.8. The van der Waals surface area contributed by atoms with E-state index < -0.39 is 5.25 Å². The van der Waals surface area contributed by atoms with E-state index in [1.807, 2.05) is 0 Å². The van der Waals surface area contributed by atoms with E-state index in [1.54, 1.807) is 37.3 Å². The summed E-state index contributed by atoms with van der Waals surface area (Å²) in [6.07, 6.45) is 1.52. The van der Waals surface area contributed by atoms with Crippen molar-refractivity contribution in [3.63, 3.8) is 0 Å². The van der Waals surface area contributed by atoms with Crippen LogP contribution in [0, 0.1) is 0 Å². The highest BCUT2D eigenvalue weighted by molar-refractivity contribution is 8.00. The zero-order chi connectivity index (χ0) is 17.9. The first kappa shape index (κ1) is 16.5. The topological polar surface area (TPSA) is 99.6 Å². The van der Waals surface area contributed by atoms with Crippen LogP contribution in [0.3, 0.4) is 0 Å². The molecule has 0 saturated heterocycles. The molecule has 1 amide bonds. The van der Waals surface area contributed by atoms with Gasteiger partial charge in [0, 0.05) is 11.8 Å². The quantitative estimate of drug-likeness (QED) is 0.681. The maximum atomic E-state index is 12.4. The van der Waals surface area contributed by atoms with Crippen LogP contribution in [0.15, 0.2) is 50.7 Å². The largest absolute Gasteiger partial charge is 0.486 e. The molecule has 0 bridgehead atoms. The first-order valence-electron chi connectivity index (χ1n) is 7.93. The summed E-state index contributed by atoms with van der Waals surface area (Å²) in [4.78, 5) is 12.4. The number of carbonyl (C=O) groups excluding carboxylic acids is 1. The molecule has 134 valence electrons. The molecule has 9 heteroatoms. The van der Waals surface area contributed by atoms with Crippen LogP contribution < -0.4 is 14.8 Å². The summed E-state index contributed by atoms with van der Waals surface area (Å²) < 4.78 is 21.7. The molecule has 1 aliphatic rings. The van der Waals surface area contributed by atoms with Crippen LogP contribution in [0.2, 0.25) is 0 Å². The normalized spacial score (nSPS) is 14.0. The number of rotatable bonds is 5. The highest BCUT2D eigenvalue weighted by Gasteiger charge is 2.20. The molecular weight excluding hydrogens is 358 g/mol. The number of benzene rings is 1. The summed E-state index contributed by atoms with van der Waals surface area (Å²) in [7, 11) is 0. The van der Waals surface area contributed by atoms with Gasteiger partial charge in [0.1, 0.15) is 13.2 Å². The number of hydrogen-bond acceptors (Lipinski definition) is 8. The van der Waals surface area contributed by atoms with Gasteiger partial charge in [-0.1, -0.05) is 11.8 Å². The third-order valence-electron chi connectivity index (χ3n) is 3.59. The summed E-state index contributed by atoms with van der Waals surface area (Å²) in [6, 6.07) is 8.74. The minimum Gasteiger partial charge on any atom is -0.486 e. The van der Waals surface area contributed by atoms with Gasteiger partial charge in [0.15, 0.2) is 17.3 Å². The number of ether oxygens (including phenoxy) is 2. The van der Waals surface area contributed by atoms with Crippen molar-refractivity contribution < 1.29 is 23.1 Å². The van der Waals surface area contributed by atoms with Crippen molar-refractivity contribution in [2.24, 2.45) is 0 Å². The van der Waals surface area contributed by atoms with Crippen LogP contribution >= 0.6 is 11.8 Å². The summed E-state index contributed by atoms with van der Waals surface area (Å²) in [5, 5.41) is 10.5. The van der Waals surface area contributed by atoms with Crippen LogP contribution in [-0.2, 0) is 4.79 Å². The SMILES string of the molecule is C[C@@H](Sc1nnc(-c2ccco2)o1)C(=O)Nc1ccc2c(c1)OCCO2. The lowest BCUT2D eigenvalue weighted by molar-refractivity contribution is -0.115. The maximum absolute atomic E-state index is 12.4. The van der Waals surface area contributed by atoms with Gasteiger partial charge in [-0.2, -0.15) is 0 Å². The number of nitrogens with zero attached hydrogens (tertiary/aromatic N) is 2. The minimum absolute atomic E-state index is 0.190. The monoisotopic (exact) mass is 373 g/mol. The number of fused-ring (bicyclic) bond motifs is 1. The van der Waals surface area contributed by atoms with Crippen LogP contribution in [0.4, 0.5) is 5.69 Å². The Labute approximate surface area is 152 Å². The number of aromatic nitrogens is 2. The fourth-order valence-corrected chi connectivity index (χ4v) is 3.01. The number of thioether (sulfide) groups is 1. The van der Waals surface area contributed by atoms with E-state index >= 15 is 0 Å². The van der Waals surface area contributed by atoms with E-state index in [4.69, 9.17) is 18.3 Å². The highest BCUT2D eigenvalue weighted by atomic mass is 32.2. The molecule has 4 rings (SSSR count). The second kappa shape index (κ2) is 7.12. The summed E-state index contributed by atoms with van der Waals surface area (Å²) in [5.74, 6) is 1.86. The standard InChI is InChI=1S/C17H15N3O5S/c1-10(26-17-20-19-16(25-17)13-3-2-6-22-13)15(21)18-11-4-5-12-14(9-11)24-8-7-23-12/h2-6,9-10H,7-8H2,1H3,(H,18,21)/t10-/m1/s1. The first-order chi connectivity index (χ1) is 12.7. The van der Waals surface area contributed by atoms with E-state index in [1.165, 1.54) is 18.0 Å². The molecule has 3 aromatic rings. The lowest BCUT2D eigenvalue weighted by atomic mass is 10.2. The van der Waals surface area contributed by atoms with Crippen molar-refractivity contribution in [3.8, 4) is 23.1 Å². The van der Waals surface area contributed by atoms with Gasteiger partial charge in [0.05, 0.1) is 11.5 Å². The van der Waals surface area contributed by atoms with E-state index in [0.29, 0.717) is 41.4 Å². The van der Waals surface area contributed by atoms with E-state index in [9.17, 15) is 4.79 Å². The van der Waals surface area contributed by atoms with Gasteiger partial charge >= 0.3 is 0 Å². The van der Waals surface area contributed by atoms with Crippen molar-refractivity contribution in [1.82, 2.24) is 10.2 Å². The van der Waals surface area contributed by atoms with E-state index in [-0.39, 0.29) is 11.8 Å². The fourth-order valence-electron chi connectivity index (χ4n) is 2.33. The number of carbonyl (C=O) groups is 1. The van der Waals surface area contributed by atoms with Crippen molar-refractivity contribution in [2.75, 3.05) is 18.5 Å². The summed E-state index contributed by atoms with van der Waals surface area (Å²) >= 11 is 1.17. The Morgan fingerprint density at radius 3 is 2.85 bits per heavy atom.